The highest BCUT2D eigenvalue weighted by atomic mass is 32.2. The number of halogens is 1. The Hall–Kier alpha value is -2.86. The zero-order valence-corrected chi connectivity index (χ0v) is 14.3. The van der Waals surface area contributed by atoms with Crippen molar-refractivity contribution in [2.24, 2.45) is 0 Å². The molecule has 6 heteroatoms. The first-order valence-electron chi connectivity index (χ1n) is 7.55. The van der Waals surface area contributed by atoms with Gasteiger partial charge in [-0.05, 0) is 42.5 Å². The summed E-state index contributed by atoms with van der Waals surface area (Å²) in [4.78, 5) is -0.121. The molecule has 0 amide bonds. The van der Waals surface area contributed by atoms with Crippen LogP contribution in [0.5, 0.6) is 11.5 Å². The minimum absolute atomic E-state index is 0.121. The molecule has 0 unspecified atom stereocenters. The van der Waals surface area contributed by atoms with Gasteiger partial charge in [0.25, 0.3) is 10.0 Å². The second kappa shape index (κ2) is 6.94. The van der Waals surface area contributed by atoms with E-state index in [4.69, 9.17) is 4.74 Å². The lowest BCUT2D eigenvalue weighted by Crippen LogP contribution is -2.27. The molecule has 3 aromatic rings. The van der Waals surface area contributed by atoms with Gasteiger partial charge in [0.1, 0.15) is 11.6 Å². The van der Waals surface area contributed by atoms with Crippen LogP contribution in [-0.4, -0.2) is 15.5 Å². The fourth-order valence-electron chi connectivity index (χ4n) is 2.33. The smallest absolute Gasteiger partial charge is 0.264 e. The van der Waals surface area contributed by atoms with E-state index in [1.807, 2.05) is 18.2 Å². The predicted molar refractivity (Wildman–Crippen MR) is 94.9 cm³/mol. The van der Waals surface area contributed by atoms with Crippen LogP contribution in [0.15, 0.2) is 83.8 Å². The zero-order valence-electron chi connectivity index (χ0n) is 13.5. The van der Waals surface area contributed by atoms with Crippen molar-refractivity contribution in [3.05, 3.63) is 84.7 Å². The highest BCUT2D eigenvalue weighted by molar-refractivity contribution is 7.92. The van der Waals surface area contributed by atoms with Crippen molar-refractivity contribution in [1.82, 2.24) is 0 Å². The van der Waals surface area contributed by atoms with Crippen LogP contribution in [0.25, 0.3) is 0 Å². The number of nitrogens with zero attached hydrogens (tertiary/aromatic N) is 1. The monoisotopic (exact) mass is 357 g/mol. The third kappa shape index (κ3) is 3.64. The standard InChI is InChI=1S/C19H16FNO3S/c1-21(25(22,23)17-11-7-8-15(20)14-17)18-12-5-6-13-19(18)24-16-9-3-2-4-10-16/h2-14H,1H3. The molecule has 0 aliphatic rings. The van der Waals surface area contributed by atoms with Crippen LogP contribution >= 0.6 is 0 Å². The molecule has 0 saturated heterocycles. The second-order valence-electron chi connectivity index (χ2n) is 5.31. The molecule has 0 aromatic heterocycles. The lowest BCUT2D eigenvalue weighted by atomic mass is 10.3. The largest absolute Gasteiger partial charge is 0.455 e. The van der Waals surface area contributed by atoms with E-state index in [-0.39, 0.29) is 4.90 Å². The maximum Gasteiger partial charge on any atom is 0.264 e. The lowest BCUT2D eigenvalue weighted by molar-refractivity contribution is 0.483. The van der Waals surface area contributed by atoms with Crippen molar-refractivity contribution < 1.29 is 17.5 Å². The van der Waals surface area contributed by atoms with E-state index in [0.717, 1.165) is 10.4 Å². The van der Waals surface area contributed by atoms with Gasteiger partial charge in [0.05, 0.1) is 10.6 Å². The van der Waals surface area contributed by atoms with E-state index in [1.54, 1.807) is 36.4 Å². The first-order valence-corrected chi connectivity index (χ1v) is 8.99. The summed E-state index contributed by atoms with van der Waals surface area (Å²) in [6, 6.07) is 20.8. The molecule has 25 heavy (non-hydrogen) atoms. The first kappa shape index (κ1) is 17.0. The molecule has 3 aromatic carbocycles. The van der Waals surface area contributed by atoms with Gasteiger partial charge in [-0.15, -0.1) is 0 Å². The number of anilines is 1. The van der Waals surface area contributed by atoms with Crippen LogP contribution in [0, 0.1) is 5.82 Å². The number of rotatable bonds is 5. The summed E-state index contributed by atoms with van der Waals surface area (Å²) >= 11 is 0. The summed E-state index contributed by atoms with van der Waals surface area (Å²) in [5.74, 6) is 0.367. The Labute approximate surface area is 146 Å². The van der Waals surface area contributed by atoms with Crippen LogP contribution < -0.4 is 9.04 Å². The average molecular weight is 357 g/mol. The molecule has 0 fully saturated rings. The molecule has 0 N–H and O–H groups in total. The summed E-state index contributed by atoms with van der Waals surface area (Å²) in [6.45, 7) is 0. The van der Waals surface area contributed by atoms with Crippen LogP contribution in [0.3, 0.4) is 0 Å². The SMILES string of the molecule is CN(c1ccccc1Oc1ccccc1)S(=O)(=O)c1cccc(F)c1. The van der Waals surface area contributed by atoms with Gasteiger partial charge >= 0.3 is 0 Å². The molecule has 0 radical (unpaired) electrons. The van der Waals surface area contributed by atoms with Crippen molar-refractivity contribution >= 4 is 15.7 Å². The van der Waals surface area contributed by atoms with E-state index in [1.165, 1.54) is 25.2 Å². The van der Waals surface area contributed by atoms with Gasteiger partial charge in [-0.2, -0.15) is 0 Å². The first-order chi connectivity index (χ1) is 12.0. The quantitative estimate of drug-likeness (QED) is 0.678. The maximum atomic E-state index is 13.4. The van der Waals surface area contributed by atoms with Crippen LogP contribution in [0.4, 0.5) is 10.1 Å². The summed E-state index contributed by atoms with van der Waals surface area (Å²) in [7, 11) is -2.51. The van der Waals surface area contributed by atoms with Crippen molar-refractivity contribution in [2.75, 3.05) is 11.4 Å². The predicted octanol–water partition coefficient (Wildman–Crippen LogP) is 4.44. The second-order valence-corrected chi connectivity index (χ2v) is 7.28. The highest BCUT2D eigenvalue weighted by Crippen LogP contribution is 2.34. The third-order valence-corrected chi connectivity index (χ3v) is 5.40. The Bertz CT molecular complexity index is 975. The van der Waals surface area contributed by atoms with E-state index >= 15 is 0 Å². The molecule has 0 spiro atoms. The molecule has 0 aliphatic carbocycles. The van der Waals surface area contributed by atoms with Gasteiger partial charge in [0.2, 0.25) is 0 Å². The topological polar surface area (TPSA) is 46.6 Å². The third-order valence-electron chi connectivity index (χ3n) is 3.63. The highest BCUT2D eigenvalue weighted by Gasteiger charge is 2.24. The van der Waals surface area contributed by atoms with Crippen LogP contribution in [0.2, 0.25) is 0 Å². The van der Waals surface area contributed by atoms with Crippen molar-refractivity contribution in [2.45, 2.75) is 4.90 Å². The summed E-state index contributed by atoms with van der Waals surface area (Å²) < 4.78 is 45.9. The molecule has 0 aliphatic heterocycles. The van der Waals surface area contributed by atoms with Gasteiger partial charge < -0.3 is 4.74 Å². The normalized spacial score (nSPS) is 11.1. The molecule has 0 heterocycles. The van der Waals surface area contributed by atoms with E-state index in [9.17, 15) is 12.8 Å². The molecule has 0 saturated carbocycles. The van der Waals surface area contributed by atoms with Crippen LogP contribution in [-0.2, 0) is 10.0 Å². The number of para-hydroxylation sites is 3. The molecule has 0 atom stereocenters. The van der Waals surface area contributed by atoms with Gasteiger partial charge in [-0.1, -0.05) is 36.4 Å². The number of hydrogen-bond donors (Lipinski definition) is 0. The van der Waals surface area contributed by atoms with E-state index in [2.05, 4.69) is 0 Å². The molecule has 0 bridgehead atoms. The van der Waals surface area contributed by atoms with Crippen molar-refractivity contribution in [3.8, 4) is 11.5 Å². The number of ether oxygens (including phenoxy) is 1. The Morgan fingerprint density at radius 1 is 0.880 bits per heavy atom. The molecule has 3 rings (SSSR count). The summed E-state index contributed by atoms with van der Waals surface area (Å²) in [5, 5.41) is 0. The number of benzene rings is 3. The van der Waals surface area contributed by atoms with E-state index in [0.29, 0.717) is 17.2 Å². The fourth-order valence-corrected chi connectivity index (χ4v) is 3.57. The van der Waals surface area contributed by atoms with Gasteiger partial charge in [-0.25, -0.2) is 12.8 Å². The number of hydrogen-bond acceptors (Lipinski definition) is 3. The van der Waals surface area contributed by atoms with Crippen molar-refractivity contribution in [1.29, 1.82) is 0 Å². The Kier molecular flexibility index (Phi) is 4.72. The minimum atomic E-state index is -3.92. The zero-order chi connectivity index (χ0) is 17.9. The Morgan fingerprint density at radius 3 is 2.28 bits per heavy atom. The number of sulfonamides is 1. The summed E-state index contributed by atoms with van der Waals surface area (Å²) in [6.07, 6.45) is 0. The van der Waals surface area contributed by atoms with Gasteiger partial charge in [0, 0.05) is 7.05 Å². The molecule has 4 nitrogen and oxygen atoms in total. The Balaban J connectivity index is 1.99. The maximum absolute atomic E-state index is 13.4. The average Bonchev–Trinajstić information content (AvgIpc) is 2.62. The lowest BCUT2D eigenvalue weighted by Gasteiger charge is -2.22. The van der Waals surface area contributed by atoms with E-state index < -0.39 is 15.8 Å². The molecular formula is C19H16FNO3S. The summed E-state index contributed by atoms with van der Waals surface area (Å²) in [5.41, 5.74) is 0.357. The minimum Gasteiger partial charge on any atom is -0.455 e. The van der Waals surface area contributed by atoms with Crippen LogP contribution in [0.1, 0.15) is 0 Å². The molecular weight excluding hydrogens is 341 g/mol. The van der Waals surface area contributed by atoms with Gasteiger partial charge in [-0.3, -0.25) is 4.31 Å². The van der Waals surface area contributed by atoms with Gasteiger partial charge in [0.15, 0.2) is 5.75 Å². The Morgan fingerprint density at radius 2 is 1.56 bits per heavy atom. The fraction of sp³-hybridized carbons (Fsp3) is 0.0526. The van der Waals surface area contributed by atoms with Crippen molar-refractivity contribution in [3.63, 3.8) is 0 Å². The molecule has 128 valence electrons.